The van der Waals surface area contributed by atoms with Gasteiger partial charge in [-0.05, 0) is 18.2 Å². The van der Waals surface area contributed by atoms with Crippen molar-refractivity contribution >= 4 is 23.4 Å². The van der Waals surface area contributed by atoms with Gasteiger partial charge in [-0.1, -0.05) is 19.1 Å². The van der Waals surface area contributed by atoms with Gasteiger partial charge in [0.25, 0.3) is 0 Å². The third-order valence-corrected chi connectivity index (χ3v) is 1.31. The molecule has 0 spiro atoms. The lowest BCUT2D eigenvalue weighted by Gasteiger charge is -1.96. The molecule has 0 saturated carbocycles. The van der Waals surface area contributed by atoms with Crippen LogP contribution in [0, 0.1) is 5.92 Å². The number of carbonyl (C=O) groups is 1. The van der Waals surface area contributed by atoms with Crippen molar-refractivity contribution < 1.29 is 4.79 Å². The summed E-state index contributed by atoms with van der Waals surface area (Å²) in [4.78, 5) is 10.3. The highest BCUT2D eigenvalue weighted by molar-refractivity contribution is 7.79. The minimum Gasteiger partial charge on any atom is -0.300 e. The van der Waals surface area contributed by atoms with Crippen molar-refractivity contribution in [2.24, 2.45) is 5.92 Å². The van der Waals surface area contributed by atoms with Crippen molar-refractivity contribution in [2.45, 2.75) is 20.3 Å². The fourth-order valence-electron chi connectivity index (χ4n) is 0.502. The molecule has 0 N–H and O–H groups in total. The van der Waals surface area contributed by atoms with Crippen molar-refractivity contribution in [2.75, 3.05) is 0 Å². The standard InChI is InChI=1S/C6H10OS/c1-5(4-8)3-6(2)7/h4-5H,3H2,1-2H3. The van der Waals surface area contributed by atoms with E-state index in [1.54, 1.807) is 12.3 Å². The maximum absolute atomic E-state index is 10.3. The maximum Gasteiger partial charge on any atom is 0.130 e. The molecule has 1 nitrogen and oxygen atoms in total. The smallest absolute Gasteiger partial charge is 0.130 e. The number of carbonyl (C=O) groups excluding carboxylic acids is 1. The first-order valence-corrected chi connectivity index (χ1v) is 3.08. The third-order valence-electron chi connectivity index (χ3n) is 0.842. The van der Waals surface area contributed by atoms with E-state index in [1.807, 2.05) is 6.92 Å². The molecule has 0 amide bonds. The van der Waals surface area contributed by atoms with Crippen LogP contribution in [0.15, 0.2) is 0 Å². The van der Waals surface area contributed by atoms with E-state index in [0.29, 0.717) is 6.42 Å². The Labute approximate surface area is 55.1 Å². The Bertz CT molecular complexity index is 98.7. The second-order valence-corrected chi connectivity index (χ2v) is 2.29. The van der Waals surface area contributed by atoms with Crippen molar-refractivity contribution in [3.05, 3.63) is 0 Å². The Morgan fingerprint density at radius 2 is 2.38 bits per heavy atom. The minimum atomic E-state index is 0.207. The summed E-state index contributed by atoms with van der Waals surface area (Å²) in [6.07, 6.45) is 0.587. The predicted molar refractivity (Wildman–Crippen MR) is 38.1 cm³/mol. The van der Waals surface area contributed by atoms with E-state index in [4.69, 9.17) is 0 Å². The molecule has 0 aromatic carbocycles. The van der Waals surface area contributed by atoms with E-state index in [2.05, 4.69) is 12.2 Å². The van der Waals surface area contributed by atoms with E-state index < -0.39 is 0 Å². The van der Waals surface area contributed by atoms with Crippen LogP contribution < -0.4 is 0 Å². The fraction of sp³-hybridized carbons (Fsp3) is 0.667. The Morgan fingerprint density at radius 3 is 2.50 bits per heavy atom. The number of hydrogen-bond donors (Lipinski definition) is 0. The molecule has 0 aliphatic rings. The van der Waals surface area contributed by atoms with Crippen molar-refractivity contribution in [3.8, 4) is 0 Å². The van der Waals surface area contributed by atoms with Gasteiger partial charge in [-0.15, -0.1) is 0 Å². The lowest BCUT2D eigenvalue weighted by molar-refractivity contribution is -0.117. The van der Waals surface area contributed by atoms with Crippen LogP contribution in [-0.4, -0.2) is 11.2 Å². The molecule has 1 unspecified atom stereocenters. The molecule has 0 heterocycles. The Morgan fingerprint density at radius 1 is 1.88 bits per heavy atom. The number of thiocarbonyl (C=S) groups is 1. The highest BCUT2D eigenvalue weighted by Crippen LogP contribution is 1.97. The summed E-state index contributed by atoms with van der Waals surface area (Å²) in [6.45, 7) is 3.52. The van der Waals surface area contributed by atoms with E-state index in [9.17, 15) is 4.79 Å². The van der Waals surface area contributed by atoms with E-state index in [1.165, 1.54) is 0 Å². The molecular formula is C6H10OS. The van der Waals surface area contributed by atoms with Gasteiger partial charge in [-0.2, -0.15) is 0 Å². The SMILES string of the molecule is CC(=O)CC(C)C=S. The predicted octanol–water partition coefficient (Wildman–Crippen LogP) is 1.60. The number of Topliss-reactive ketones (excluding diaryl/α,β-unsaturated/α-hetero) is 1. The maximum atomic E-state index is 10.3. The molecule has 0 aliphatic heterocycles. The zero-order chi connectivity index (χ0) is 6.57. The summed E-state index contributed by atoms with van der Waals surface area (Å²) in [5.74, 6) is 0.473. The Hall–Kier alpha value is -0.240. The first-order chi connectivity index (χ1) is 3.66. The molecule has 0 fully saturated rings. The summed E-state index contributed by atoms with van der Waals surface area (Å²) < 4.78 is 0. The van der Waals surface area contributed by atoms with Crippen LogP contribution in [0.2, 0.25) is 0 Å². The van der Waals surface area contributed by atoms with Gasteiger partial charge in [0, 0.05) is 6.42 Å². The second kappa shape index (κ2) is 3.72. The van der Waals surface area contributed by atoms with Crippen LogP contribution in [0.25, 0.3) is 0 Å². The lowest BCUT2D eigenvalue weighted by atomic mass is 10.1. The van der Waals surface area contributed by atoms with Gasteiger partial charge >= 0.3 is 0 Å². The van der Waals surface area contributed by atoms with Crippen LogP contribution in [0.3, 0.4) is 0 Å². The number of ketones is 1. The first kappa shape index (κ1) is 7.76. The van der Waals surface area contributed by atoms with E-state index in [-0.39, 0.29) is 11.7 Å². The summed E-state index contributed by atoms with van der Waals surface area (Å²) in [7, 11) is 0. The topological polar surface area (TPSA) is 17.1 Å². The summed E-state index contributed by atoms with van der Waals surface area (Å²) >= 11 is 4.62. The molecule has 0 saturated heterocycles. The van der Waals surface area contributed by atoms with Crippen LogP contribution in [0.1, 0.15) is 20.3 Å². The molecule has 0 aromatic rings. The van der Waals surface area contributed by atoms with Crippen LogP contribution >= 0.6 is 12.2 Å². The minimum absolute atomic E-state index is 0.207. The highest BCUT2D eigenvalue weighted by Gasteiger charge is 1.98. The molecule has 0 radical (unpaired) electrons. The largest absolute Gasteiger partial charge is 0.300 e. The molecule has 0 bridgehead atoms. The van der Waals surface area contributed by atoms with Crippen molar-refractivity contribution in [3.63, 3.8) is 0 Å². The van der Waals surface area contributed by atoms with Crippen molar-refractivity contribution in [1.82, 2.24) is 0 Å². The van der Waals surface area contributed by atoms with Crippen molar-refractivity contribution in [1.29, 1.82) is 0 Å². The van der Waals surface area contributed by atoms with Gasteiger partial charge in [0.05, 0.1) is 0 Å². The summed E-state index contributed by atoms with van der Waals surface area (Å²) in [6, 6.07) is 0. The van der Waals surface area contributed by atoms with Gasteiger partial charge in [0.1, 0.15) is 5.78 Å². The van der Waals surface area contributed by atoms with E-state index >= 15 is 0 Å². The third kappa shape index (κ3) is 3.93. The van der Waals surface area contributed by atoms with Gasteiger partial charge in [0.2, 0.25) is 0 Å². The van der Waals surface area contributed by atoms with Crippen LogP contribution in [0.4, 0.5) is 0 Å². The van der Waals surface area contributed by atoms with Crippen LogP contribution in [-0.2, 0) is 4.79 Å². The molecule has 2 heteroatoms. The van der Waals surface area contributed by atoms with Gasteiger partial charge in [0.15, 0.2) is 0 Å². The molecular weight excluding hydrogens is 120 g/mol. The average molecular weight is 130 g/mol. The normalized spacial score (nSPS) is 12.8. The zero-order valence-corrected chi connectivity index (χ0v) is 5.99. The fourth-order valence-corrected chi connectivity index (χ4v) is 0.598. The molecule has 8 heavy (non-hydrogen) atoms. The monoisotopic (exact) mass is 130 g/mol. The molecule has 0 rings (SSSR count). The molecule has 46 valence electrons. The Balaban J connectivity index is 3.38. The molecule has 0 aromatic heterocycles. The highest BCUT2D eigenvalue weighted by atomic mass is 32.1. The zero-order valence-electron chi connectivity index (χ0n) is 5.18. The van der Waals surface area contributed by atoms with Gasteiger partial charge < -0.3 is 4.79 Å². The summed E-state index contributed by atoms with van der Waals surface area (Å²) in [5.41, 5.74) is 0. The molecule has 1 atom stereocenters. The van der Waals surface area contributed by atoms with Gasteiger partial charge in [-0.3, -0.25) is 0 Å². The van der Waals surface area contributed by atoms with Gasteiger partial charge in [-0.25, -0.2) is 0 Å². The number of rotatable bonds is 3. The summed E-state index contributed by atoms with van der Waals surface area (Å²) in [5, 5.41) is 1.63. The quantitative estimate of drug-likeness (QED) is 0.540. The lowest BCUT2D eigenvalue weighted by Crippen LogP contribution is -2.00. The Kier molecular flexibility index (Phi) is 3.61. The second-order valence-electron chi connectivity index (χ2n) is 2.02. The van der Waals surface area contributed by atoms with E-state index in [0.717, 1.165) is 0 Å². The number of hydrogen-bond acceptors (Lipinski definition) is 2. The first-order valence-electron chi connectivity index (χ1n) is 2.61. The van der Waals surface area contributed by atoms with Crippen LogP contribution in [0.5, 0.6) is 0 Å². The molecule has 0 aliphatic carbocycles. The average Bonchev–Trinajstić information content (AvgIpc) is 1.65.